The smallest absolute Gasteiger partial charge is 0.230 e. The molecule has 158 valence electrons. The SMILES string of the molecule is C[C@H]1Cc2cc(S(=O)(=O)CCC(=O)Nc3ccccc3Cl)ccc2N1C(=O)C1CC1. The van der Waals surface area contributed by atoms with Gasteiger partial charge in [-0.05, 0) is 62.1 Å². The number of amides is 2. The van der Waals surface area contributed by atoms with E-state index in [-0.39, 0.29) is 34.9 Å². The Bertz CT molecular complexity index is 1110. The molecule has 4 rings (SSSR count). The summed E-state index contributed by atoms with van der Waals surface area (Å²) in [6.07, 6.45) is 2.32. The third-order valence-corrected chi connectivity index (χ3v) is 7.58. The highest BCUT2D eigenvalue weighted by Crippen LogP contribution is 2.39. The van der Waals surface area contributed by atoms with E-state index in [9.17, 15) is 18.0 Å². The van der Waals surface area contributed by atoms with Gasteiger partial charge in [0, 0.05) is 24.1 Å². The van der Waals surface area contributed by atoms with E-state index >= 15 is 0 Å². The molecule has 1 aliphatic heterocycles. The van der Waals surface area contributed by atoms with Crippen LogP contribution in [0.5, 0.6) is 0 Å². The largest absolute Gasteiger partial charge is 0.325 e. The molecule has 2 amide bonds. The number of rotatable bonds is 6. The van der Waals surface area contributed by atoms with Crippen molar-refractivity contribution >= 4 is 44.6 Å². The molecule has 1 atom stereocenters. The predicted octanol–water partition coefficient (Wildman–Crippen LogP) is 3.83. The Hall–Kier alpha value is -2.38. The lowest BCUT2D eigenvalue weighted by atomic mass is 10.1. The number of carbonyl (C=O) groups is 2. The van der Waals surface area contributed by atoms with Crippen LogP contribution in [0.25, 0.3) is 0 Å². The number of anilines is 2. The molecule has 1 aliphatic carbocycles. The first-order valence-electron chi connectivity index (χ1n) is 9.99. The number of nitrogens with one attached hydrogen (secondary N) is 1. The van der Waals surface area contributed by atoms with E-state index in [0.29, 0.717) is 17.1 Å². The Kier molecular flexibility index (Phi) is 5.59. The van der Waals surface area contributed by atoms with Gasteiger partial charge < -0.3 is 10.2 Å². The van der Waals surface area contributed by atoms with Crippen LogP contribution in [-0.2, 0) is 25.8 Å². The van der Waals surface area contributed by atoms with Crippen molar-refractivity contribution in [2.45, 2.75) is 43.5 Å². The van der Waals surface area contributed by atoms with Gasteiger partial charge in [-0.2, -0.15) is 0 Å². The maximum Gasteiger partial charge on any atom is 0.230 e. The zero-order valence-corrected chi connectivity index (χ0v) is 18.2. The fourth-order valence-electron chi connectivity index (χ4n) is 3.78. The van der Waals surface area contributed by atoms with Crippen molar-refractivity contribution < 1.29 is 18.0 Å². The van der Waals surface area contributed by atoms with Crippen LogP contribution in [-0.4, -0.2) is 32.0 Å². The van der Waals surface area contributed by atoms with Crippen LogP contribution in [0.15, 0.2) is 47.4 Å². The van der Waals surface area contributed by atoms with Crippen LogP contribution < -0.4 is 10.2 Å². The van der Waals surface area contributed by atoms with Crippen LogP contribution in [0, 0.1) is 5.92 Å². The molecule has 2 aliphatic rings. The minimum Gasteiger partial charge on any atom is -0.325 e. The van der Waals surface area contributed by atoms with E-state index in [2.05, 4.69) is 5.32 Å². The molecule has 1 saturated carbocycles. The van der Waals surface area contributed by atoms with E-state index in [0.717, 1.165) is 24.1 Å². The van der Waals surface area contributed by atoms with Gasteiger partial charge >= 0.3 is 0 Å². The minimum absolute atomic E-state index is 0.0208. The summed E-state index contributed by atoms with van der Waals surface area (Å²) in [5, 5.41) is 3.03. The van der Waals surface area contributed by atoms with Crippen molar-refractivity contribution in [2.24, 2.45) is 5.92 Å². The van der Waals surface area contributed by atoms with Gasteiger partial charge in [0.05, 0.1) is 21.4 Å². The first-order chi connectivity index (χ1) is 14.3. The molecule has 1 fully saturated rings. The number of sulfone groups is 1. The monoisotopic (exact) mass is 446 g/mol. The van der Waals surface area contributed by atoms with Crippen molar-refractivity contribution in [2.75, 3.05) is 16.0 Å². The van der Waals surface area contributed by atoms with Crippen molar-refractivity contribution in [3.63, 3.8) is 0 Å². The molecule has 1 heterocycles. The topological polar surface area (TPSA) is 83.6 Å². The van der Waals surface area contributed by atoms with Gasteiger partial charge in [0.1, 0.15) is 0 Å². The average Bonchev–Trinajstić information content (AvgIpc) is 3.50. The van der Waals surface area contributed by atoms with Gasteiger partial charge in [0.2, 0.25) is 11.8 Å². The van der Waals surface area contributed by atoms with E-state index in [4.69, 9.17) is 11.6 Å². The predicted molar refractivity (Wildman–Crippen MR) is 117 cm³/mol. The Morgan fingerprint density at radius 1 is 1.17 bits per heavy atom. The molecular formula is C22H23ClN2O4S. The first kappa shape index (κ1) is 20.9. The van der Waals surface area contributed by atoms with Crippen LogP contribution in [0.3, 0.4) is 0 Å². The van der Waals surface area contributed by atoms with Crippen molar-refractivity contribution in [3.05, 3.63) is 53.1 Å². The highest BCUT2D eigenvalue weighted by atomic mass is 35.5. The van der Waals surface area contributed by atoms with Crippen molar-refractivity contribution in [1.82, 2.24) is 0 Å². The van der Waals surface area contributed by atoms with Gasteiger partial charge in [-0.15, -0.1) is 0 Å². The Labute approximate surface area is 181 Å². The van der Waals surface area contributed by atoms with Gasteiger partial charge in [0.25, 0.3) is 0 Å². The summed E-state index contributed by atoms with van der Waals surface area (Å²) < 4.78 is 25.6. The summed E-state index contributed by atoms with van der Waals surface area (Å²) in [6, 6.07) is 11.7. The number of fused-ring (bicyclic) bond motifs is 1. The summed E-state index contributed by atoms with van der Waals surface area (Å²) in [4.78, 5) is 26.7. The normalized spacial score (nSPS) is 18.2. The zero-order valence-electron chi connectivity index (χ0n) is 16.6. The van der Waals surface area contributed by atoms with Crippen LogP contribution in [0.1, 0.15) is 31.7 Å². The van der Waals surface area contributed by atoms with Gasteiger partial charge in [-0.1, -0.05) is 23.7 Å². The van der Waals surface area contributed by atoms with E-state index in [1.807, 2.05) is 6.92 Å². The molecule has 1 N–H and O–H groups in total. The summed E-state index contributed by atoms with van der Waals surface area (Å²) in [5.41, 5.74) is 2.11. The molecule has 0 unspecified atom stereocenters. The maximum atomic E-state index is 12.8. The maximum absolute atomic E-state index is 12.8. The molecule has 0 bridgehead atoms. The Morgan fingerprint density at radius 3 is 2.60 bits per heavy atom. The lowest BCUT2D eigenvalue weighted by Crippen LogP contribution is -2.36. The Morgan fingerprint density at radius 2 is 1.90 bits per heavy atom. The van der Waals surface area contributed by atoms with E-state index < -0.39 is 15.7 Å². The standard InChI is InChI=1S/C22H23ClN2O4S/c1-14-12-16-13-17(8-9-20(16)25(14)22(27)15-6-7-15)30(28,29)11-10-21(26)24-19-5-3-2-4-18(19)23/h2-5,8-9,13-15H,6-7,10-12H2,1H3,(H,24,26)/t14-/m0/s1. The number of hydrogen-bond acceptors (Lipinski definition) is 4. The highest BCUT2D eigenvalue weighted by Gasteiger charge is 2.39. The molecule has 8 heteroatoms. The molecule has 6 nitrogen and oxygen atoms in total. The number of nitrogens with zero attached hydrogens (tertiary/aromatic N) is 1. The van der Waals surface area contributed by atoms with Gasteiger partial charge in [-0.25, -0.2) is 8.42 Å². The molecule has 0 saturated heterocycles. The average molecular weight is 447 g/mol. The third-order valence-electron chi connectivity index (χ3n) is 5.54. The number of halogens is 1. The number of hydrogen-bond donors (Lipinski definition) is 1. The second-order valence-corrected chi connectivity index (χ2v) is 10.4. The molecular weight excluding hydrogens is 424 g/mol. The highest BCUT2D eigenvalue weighted by molar-refractivity contribution is 7.91. The second kappa shape index (κ2) is 8.04. The summed E-state index contributed by atoms with van der Waals surface area (Å²) in [7, 11) is -3.64. The molecule has 30 heavy (non-hydrogen) atoms. The quantitative estimate of drug-likeness (QED) is 0.730. The third kappa shape index (κ3) is 4.23. The lowest BCUT2D eigenvalue weighted by molar-refractivity contribution is -0.120. The summed E-state index contributed by atoms with van der Waals surface area (Å²) >= 11 is 6.02. The number of benzene rings is 2. The molecule has 2 aromatic rings. The van der Waals surface area contributed by atoms with E-state index in [1.165, 1.54) is 6.07 Å². The molecule has 0 radical (unpaired) electrons. The summed E-state index contributed by atoms with van der Waals surface area (Å²) in [6.45, 7) is 1.98. The van der Waals surface area contributed by atoms with E-state index in [1.54, 1.807) is 41.3 Å². The lowest BCUT2D eigenvalue weighted by Gasteiger charge is -2.22. The fraction of sp³-hybridized carbons (Fsp3) is 0.364. The summed E-state index contributed by atoms with van der Waals surface area (Å²) in [5.74, 6) is -0.475. The Balaban J connectivity index is 1.45. The number of carbonyl (C=O) groups excluding carboxylic acids is 2. The van der Waals surface area contributed by atoms with Crippen LogP contribution in [0.2, 0.25) is 5.02 Å². The van der Waals surface area contributed by atoms with Crippen LogP contribution >= 0.6 is 11.6 Å². The minimum atomic E-state index is -3.64. The molecule has 2 aromatic carbocycles. The van der Waals surface area contributed by atoms with Crippen molar-refractivity contribution in [3.8, 4) is 0 Å². The van der Waals surface area contributed by atoms with Gasteiger partial charge in [-0.3, -0.25) is 9.59 Å². The number of para-hydroxylation sites is 1. The second-order valence-electron chi connectivity index (χ2n) is 7.92. The van der Waals surface area contributed by atoms with Gasteiger partial charge in [0.15, 0.2) is 9.84 Å². The molecule has 0 aromatic heterocycles. The van der Waals surface area contributed by atoms with Crippen molar-refractivity contribution in [1.29, 1.82) is 0 Å². The fourth-order valence-corrected chi connectivity index (χ4v) is 5.25. The first-order valence-corrected chi connectivity index (χ1v) is 12.0. The zero-order chi connectivity index (χ0) is 21.5. The molecule has 0 spiro atoms. The van der Waals surface area contributed by atoms with Crippen LogP contribution in [0.4, 0.5) is 11.4 Å².